The zero-order valence-corrected chi connectivity index (χ0v) is 15.8. The molecule has 140 valence electrons. The lowest BCUT2D eigenvalue weighted by Gasteiger charge is -2.38. The number of benzene rings is 1. The molecule has 0 aliphatic carbocycles. The van der Waals surface area contributed by atoms with E-state index in [1.165, 1.54) is 0 Å². The van der Waals surface area contributed by atoms with Gasteiger partial charge in [0.05, 0.1) is 11.6 Å². The number of hydrogen-bond acceptors (Lipinski definition) is 4. The van der Waals surface area contributed by atoms with Gasteiger partial charge in [-0.3, -0.25) is 9.89 Å². The molecule has 0 atom stereocenters. The standard InChI is InChI=1S/C21H25N5O/c1-3-21(6-8-26(2)9-7-21)20(27)25-19-11-17-10-15(18-13-23-24-14-18)4-5-16(17)12-22-19/h4-5,10-14H,3,6-9H2,1-2H3,(H,23,24)(H,22,25,27). The van der Waals surface area contributed by atoms with Crippen molar-refractivity contribution in [1.29, 1.82) is 0 Å². The molecule has 1 saturated heterocycles. The Bertz CT molecular complexity index is 942. The molecular formula is C21H25N5O. The Morgan fingerprint density at radius 3 is 2.70 bits per heavy atom. The SMILES string of the molecule is CCC1(C(=O)Nc2cc3cc(-c4cn[nH]c4)ccc3cn2)CCN(C)CC1. The third kappa shape index (κ3) is 3.45. The molecule has 3 heterocycles. The van der Waals surface area contributed by atoms with E-state index in [2.05, 4.69) is 51.5 Å². The van der Waals surface area contributed by atoms with Crippen LogP contribution in [0, 0.1) is 5.41 Å². The Morgan fingerprint density at radius 2 is 2.00 bits per heavy atom. The minimum atomic E-state index is -0.290. The van der Waals surface area contributed by atoms with E-state index in [-0.39, 0.29) is 11.3 Å². The van der Waals surface area contributed by atoms with Crippen molar-refractivity contribution < 1.29 is 4.79 Å². The molecule has 1 amide bonds. The fourth-order valence-corrected chi connectivity index (χ4v) is 3.83. The number of H-pyrrole nitrogens is 1. The van der Waals surface area contributed by atoms with Crippen LogP contribution in [0.25, 0.3) is 21.9 Å². The lowest BCUT2D eigenvalue weighted by molar-refractivity contribution is -0.128. The van der Waals surface area contributed by atoms with Crippen molar-refractivity contribution in [3.63, 3.8) is 0 Å². The average Bonchev–Trinajstić information content (AvgIpc) is 3.23. The number of aromatic amines is 1. The number of nitrogens with one attached hydrogen (secondary N) is 2. The number of carbonyl (C=O) groups excluding carboxylic acids is 1. The quantitative estimate of drug-likeness (QED) is 0.741. The molecule has 2 aromatic heterocycles. The summed E-state index contributed by atoms with van der Waals surface area (Å²) in [6.45, 7) is 4.02. The predicted molar refractivity (Wildman–Crippen MR) is 107 cm³/mol. The second-order valence-electron chi connectivity index (χ2n) is 7.51. The summed E-state index contributed by atoms with van der Waals surface area (Å²) >= 11 is 0. The topological polar surface area (TPSA) is 73.9 Å². The van der Waals surface area contributed by atoms with Gasteiger partial charge in [-0.2, -0.15) is 5.10 Å². The van der Waals surface area contributed by atoms with Gasteiger partial charge in [0.1, 0.15) is 5.82 Å². The van der Waals surface area contributed by atoms with E-state index in [9.17, 15) is 4.79 Å². The van der Waals surface area contributed by atoms with Crippen molar-refractivity contribution in [3.8, 4) is 11.1 Å². The van der Waals surface area contributed by atoms with Crippen LogP contribution in [0.15, 0.2) is 42.9 Å². The van der Waals surface area contributed by atoms with Crippen LogP contribution in [0.5, 0.6) is 0 Å². The highest BCUT2D eigenvalue weighted by Gasteiger charge is 2.39. The summed E-state index contributed by atoms with van der Waals surface area (Å²) in [4.78, 5) is 19.8. The van der Waals surface area contributed by atoms with Gasteiger partial charge in [-0.15, -0.1) is 0 Å². The van der Waals surface area contributed by atoms with Gasteiger partial charge in [-0.25, -0.2) is 4.98 Å². The maximum Gasteiger partial charge on any atom is 0.231 e. The van der Waals surface area contributed by atoms with E-state index in [0.717, 1.165) is 54.3 Å². The molecule has 0 bridgehead atoms. The van der Waals surface area contributed by atoms with Gasteiger partial charge >= 0.3 is 0 Å². The van der Waals surface area contributed by atoms with Gasteiger partial charge in [0.15, 0.2) is 0 Å². The number of piperidine rings is 1. The largest absolute Gasteiger partial charge is 0.310 e. The van der Waals surface area contributed by atoms with Crippen LogP contribution in [0.4, 0.5) is 5.82 Å². The zero-order valence-electron chi connectivity index (χ0n) is 15.8. The lowest BCUT2D eigenvalue weighted by atomic mass is 9.75. The molecule has 1 fully saturated rings. The third-order valence-electron chi connectivity index (χ3n) is 5.90. The number of amides is 1. The number of hydrogen-bond donors (Lipinski definition) is 2. The number of pyridine rings is 1. The molecule has 0 spiro atoms. The summed E-state index contributed by atoms with van der Waals surface area (Å²) in [5.74, 6) is 0.708. The van der Waals surface area contributed by atoms with Gasteiger partial charge in [0, 0.05) is 23.3 Å². The van der Waals surface area contributed by atoms with Gasteiger partial charge in [-0.1, -0.05) is 19.1 Å². The summed E-state index contributed by atoms with van der Waals surface area (Å²) in [6, 6.07) is 8.15. The third-order valence-corrected chi connectivity index (χ3v) is 5.90. The highest BCUT2D eigenvalue weighted by atomic mass is 16.2. The molecular weight excluding hydrogens is 338 g/mol. The van der Waals surface area contributed by atoms with E-state index in [0.29, 0.717) is 5.82 Å². The van der Waals surface area contributed by atoms with Gasteiger partial charge in [0.2, 0.25) is 5.91 Å². The van der Waals surface area contributed by atoms with Crippen molar-refractivity contribution in [2.24, 2.45) is 5.41 Å². The first-order valence-electron chi connectivity index (χ1n) is 9.49. The average molecular weight is 363 g/mol. The lowest BCUT2D eigenvalue weighted by Crippen LogP contribution is -2.45. The minimum absolute atomic E-state index is 0.0935. The summed E-state index contributed by atoms with van der Waals surface area (Å²) in [6.07, 6.45) is 8.13. The van der Waals surface area contributed by atoms with Crippen LogP contribution < -0.4 is 5.32 Å². The predicted octanol–water partition coefficient (Wildman–Crippen LogP) is 3.69. The number of rotatable bonds is 4. The normalized spacial score (nSPS) is 17.1. The zero-order chi connectivity index (χ0) is 18.9. The summed E-state index contributed by atoms with van der Waals surface area (Å²) in [7, 11) is 2.11. The molecule has 0 unspecified atom stereocenters. The molecule has 4 rings (SSSR count). The first-order chi connectivity index (χ1) is 13.1. The van der Waals surface area contributed by atoms with Crippen LogP contribution in [0.1, 0.15) is 26.2 Å². The summed E-state index contributed by atoms with van der Waals surface area (Å²) in [5, 5.41) is 12.0. The van der Waals surface area contributed by atoms with Crippen LogP contribution in [-0.4, -0.2) is 46.1 Å². The summed E-state index contributed by atoms with van der Waals surface area (Å²) < 4.78 is 0. The van der Waals surface area contributed by atoms with Gasteiger partial charge in [-0.05, 0) is 62.5 Å². The van der Waals surface area contributed by atoms with E-state index in [1.807, 2.05) is 24.5 Å². The molecule has 6 heteroatoms. The second-order valence-corrected chi connectivity index (χ2v) is 7.51. The Balaban J connectivity index is 1.59. The Morgan fingerprint density at radius 1 is 1.19 bits per heavy atom. The molecule has 6 nitrogen and oxygen atoms in total. The van der Waals surface area contributed by atoms with Crippen LogP contribution in [0.3, 0.4) is 0 Å². The molecule has 1 aromatic carbocycles. The Labute approximate surface area is 159 Å². The number of nitrogens with zero attached hydrogens (tertiary/aromatic N) is 3. The maximum atomic E-state index is 13.0. The number of fused-ring (bicyclic) bond motifs is 1. The van der Waals surface area contributed by atoms with Crippen molar-refractivity contribution in [2.45, 2.75) is 26.2 Å². The van der Waals surface area contributed by atoms with Gasteiger partial charge < -0.3 is 10.2 Å². The molecule has 27 heavy (non-hydrogen) atoms. The van der Waals surface area contributed by atoms with Crippen molar-refractivity contribution >= 4 is 22.5 Å². The minimum Gasteiger partial charge on any atom is -0.310 e. The first-order valence-corrected chi connectivity index (χ1v) is 9.49. The second kappa shape index (κ2) is 7.12. The van der Waals surface area contributed by atoms with E-state index in [4.69, 9.17) is 0 Å². The highest BCUT2D eigenvalue weighted by Crippen LogP contribution is 2.36. The number of anilines is 1. The Kier molecular flexibility index (Phi) is 4.66. The van der Waals surface area contributed by atoms with Gasteiger partial charge in [0.25, 0.3) is 0 Å². The van der Waals surface area contributed by atoms with E-state index in [1.54, 1.807) is 6.20 Å². The molecule has 1 aliphatic rings. The van der Waals surface area contributed by atoms with Crippen molar-refractivity contribution in [2.75, 3.05) is 25.5 Å². The summed E-state index contributed by atoms with van der Waals surface area (Å²) in [5.41, 5.74) is 1.83. The van der Waals surface area contributed by atoms with Crippen molar-refractivity contribution in [1.82, 2.24) is 20.1 Å². The molecule has 1 aliphatic heterocycles. The smallest absolute Gasteiger partial charge is 0.231 e. The fraction of sp³-hybridized carbons (Fsp3) is 0.381. The maximum absolute atomic E-state index is 13.0. The fourth-order valence-electron chi connectivity index (χ4n) is 3.83. The molecule has 2 N–H and O–H groups in total. The van der Waals surface area contributed by atoms with Crippen molar-refractivity contribution in [3.05, 3.63) is 42.9 Å². The number of aromatic nitrogens is 3. The van der Waals surface area contributed by atoms with E-state index >= 15 is 0 Å². The molecule has 0 radical (unpaired) electrons. The Hall–Kier alpha value is -2.73. The van der Waals surface area contributed by atoms with Crippen LogP contribution >= 0.6 is 0 Å². The van der Waals surface area contributed by atoms with E-state index < -0.39 is 0 Å². The van der Waals surface area contributed by atoms with Crippen LogP contribution in [-0.2, 0) is 4.79 Å². The molecule has 0 saturated carbocycles. The first kappa shape index (κ1) is 17.7. The molecule has 3 aromatic rings. The van der Waals surface area contributed by atoms with Crippen LogP contribution in [0.2, 0.25) is 0 Å². The monoisotopic (exact) mass is 363 g/mol. The number of carbonyl (C=O) groups is 1. The highest BCUT2D eigenvalue weighted by molar-refractivity contribution is 5.97. The number of likely N-dealkylation sites (tertiary alicyclic amines) is 1.